The summed E-state index contributed by atoms with van der Waals surface area (Å²) in [6.07, 6.45) is 0. The second kappa shape index (κ2) is 8.88. The van der Waals surface area contributed by atoms with Crippen LogP contribution in [0.1, 0.15) is 20.7 Å². The highest BCUT2D eigenvalue weighted by molar-refractivity contribution is 8.08. The summed E-state index contributed by atoms with van der Waals surface area (Å²) in [7, 11) is 0. The summed E-state index contributed by atoms with van der Waals surface area (Å²) in [6, 6.07) is 17.5. The molecule has 1 aliphatic rings. The normalized spacial score (nSPS) is 13.4. The van der Waals surface area contributed by atoms with E-state index in [1.54, 1.807) is 48.5 Å². The Balaban J connectivity index is 1.83. The molecule has 0 amide bonds. The maximum absolute atomic E-state index is 13.3. The lowest BCUT2D eigenvalue weighted by Crippen LogP contribution is -2.20. The van der Waals surface area contributed by atoms with Crippen LogP contribution in [0.15, 0.2) is 86.3 Å². The van der Waals surface area contributed by atoms with Crippen molar-refractivity contribution in [1.29, 1.82) is 0 Å². The molecular weight excluding hydrogens is 477 g/mol. The Morgan fingerprint density at radius 1 is 0.677 bits per heavy atom. The van der Waals surface area contributed by atoms with Crippen LogP contribution in [0.2, 0.25) is 10.0 Å². The van der Waals surface area contributed by atoms with Crippen molar-refractivity contribution < 1.29 is 14.5 Å². The van der Waals surface area contributed by atoms with Crippen molar-refractivity contribution in [1.82, 2.24) is 0 Å². The number of hydrogen-bond donors (Lipinski definition) is 0. The maximum atomic E-state index is 13.3. The molecule has 4 rings (SSSR count). The van der Waals surface area contributed by atoms with E-state index in [-0.39, 0.29) is 32.4 Å². The molecule has 0 aromatic heterocycles. The monoisotopic (exact) mass is 487 g/mol. The first-order valence-electron chi connectivity index (χ1n) is 8.82. The molecule has 9 heteroatoms. The van der Waals surface area contributed by atoms with Crippen LogP contribution in [0.25, 0.3) is 0 Å². The Morgan fingerprint density at radius 3 is 1.58 bits per heavy atom. The fourth-order valence-electron chi connectivity index (χ4n) is 2.91. The molecule has 0 saturated heterocycles. The fourth-order valence-corrected chi connectivity index (χ4v) is 5.20. The molecule has 0 aliphatic heterocycles. The molecule has 5 nitrogen and oxygen atoms in total. The highest BCUT2D eigenvalue weighted by atomic mass is 35.5. The number of halogens is 2. The third-order valence-electron chi connectivity index (χ3n) is 4.39. The van der Waals surface area contributed by atoms with Crippen molar-refractivity contribution in [2.45, 2.75) is 9.79 Å². The SMILES string of the molecule is O=C1C(Sc2ccc(Cl)cc2)=C(Sc2ccc(Cl)cc2)C(=O)c2cc([N+](=O)[O-])ccc21. The van der Waals surface area contributed by atoms with Gasteiger partial charge in [-0.15, -0.1) is 0 Å². The van der Waals surface area contributed by atoms with Gasteiger partial charge in [-0.3, -0.25) is 19.7 Å². The van der Waals surface area contributed by atoms with Crippen molar-refractivity contribution in [2.75, 3.05) is 0 Å². The van der Waals surface area contributed by atoms with Crippen LogP contribution in [-0.4, -0.2) is 16.5 Å². The molecule has 1 aliphatic carbocycles. The molecule has 0 bridgehead atoms. The van der Waals surface area contributed by atoms with Crippen molar-refractivity contribution in [3.05, 3.63) is 108 Å². The van der Waals surface area contributed by atoms with Gasteiger partial charge in [0.05, 0.1) is 14.7 Å². The molecule has 0 saturated carbocycles. The first kappa shape index (κ1) is 21.6. The first-order chi connectivity index (χ1) is 14.8. The molecule has 154 valence electrons. The summed E-state index contributed by atoms with van der Waals surface area (Å²) < 4.78 is 0. The minimum atomic E-state index is -0.592. The van der Waals surface area contributed by atoms with Gasteiger partial charge in [0, 0.05) is 43.1 Å². The minimum absolute atomic E-state index is 0.0242. The molecule has 0 atom stereocenters. The quantitative estimate of drug-likeness (QED) is 0.282. The summed E-state index contributed by atoms with van der Waals surface area (Å²) in [5.74, 6) is -0.796. The summed E-state index contributed by atoms with van der Waals surface area (Å²) in [5, 5.41) is 12.3. The first-order valence-corrected chi connectivity index (χ1v) is 11.2. The molecule has 3 aromatic carbocycles. The molecule has 31 heavy (non-hydrogen) atoms. The standard InChI is InChI=1S/C22H11Cl2NO4S2/c23-12-1-6-15(7-2-12)30-21-19(26)17-10-5-14(25(28)29)11-18(17)20(27)22(21)31-16-8-3-13(24)4-9-16/h1-11H. The Labute approximate surface area is 195 Å². The van der Waals surface area contributed by atoms with Gasteiger partial charge in [0.15, 0.2) is 0 Å². The number of Topliss-reactive ketones (excluding diaryl/α,β-unsaturated/α-hetero) is 2. The number of non-ortho nitro benzene ring substituents is 1. The van der Waals surface area contributed by atoms with Crippen molar-refractivity contribution >= 4 is 64.0 Å². The zero-order chi connectivity index (χ0) is 22.1. The van der Waals surface area contributed by atoms with Crippen molar-refractivity contribution in [3.63, 3.8) is 0 Å². The van der Waals surface area contributed by atoms with Gasteiger partial charge in [0.2, 0.25) is 11.6 Å². The van der Waals surface area contributed by atoms with Gasteiger partial charge in [0.1, 0.15) is 0 Å². The minimum Gasteiger partial charge on any atom is -0.288 e. The van der Waals surface area contributed by atoms with E-state index in [1.165, 1.54) is 12.1 Å². The predicted octanol–water partition coefficient (Wildman–Crippen LogP) is 7.08. The fraction of sp³-hybridized carbons (Fsp3) is 0. The number of nitrogens with zero attached hydrogens (tertiary/aromatic N) is 1. The number of nitro groups is 1. The number of carbonyl (C=O) groups is 2. The largest absolute Gasteiger partial charge is 0.288 e. The van der Waals surface area contributed by atoms with Crippen LogP contribution in [0.4, 0.5) is 5.69 Å². The maximum Gasteiger partial charge on any atom is 0.270 e. The molecule has 0 radical (unpaired) electrons. The third kappa shape index (κ3) is 4.55. The number of fused-ring (bicyclic) bond motifs is 1. The number of allylic oxidation sites excluding steroid dienone is 2. The third-order valence-corrected chi connectivity index (χ3v) is 7.23. The molecule has 0 spiro atoms. The van der Waals surface area contributed by atoms with E-state index in [1.807, 2.05) is 0 Å². The molecule has 0 fully saturated rings. The number of carbonyl (C=O) groups excluding carboxylic acids is 2. The highest BCUT2D eigenvalue weighted by Gasteiger charge is 2.34. The number of thioether (sulfide) groups is 2. The van der Waals surface area contributed by atoms with E-state index in [0.717, 1.165) is 34.5 Å². The Hall–Kier alpha value is -2.58. The van der Waals surface area contributed by atoms with Gasteiger partial charge in [-0.2, -0.15) is 0 Å². The number of rotatable bonds is 5. The number of nitro benzene ring substituents is 1. The lowest BCUT2D eigenvalue weighted by atomic mass is 9.94. The average molecular weight is 488 g/mol. The van der Waals surface area contributed by atoms with Gasteiger partial charge < -0.3 is 0 Å². The number of benzene rings is 3. The Kier molecular flexibility index (Phi) is 6.20. The molecule has 3 aromatic rings. The van der Waals surface area contributed by atoms with E-state index in [9.17, 15) is 19.7 Å². The van der Waals surface area contributed by atoms with Crippen LogP contribution in [0, 0.1) is 10.1 Å². The number of ketones is 2. The smallest absolute Gasteiger partial charge is 0.270 e. The number of hydrogen-bond acceptors (Lipinski definition) is 6. The predicted molar refractivity (Wildman–Crippen MR) is 123 cm³/mol. The van der Waals surface area contributed by atoms with Crippen LogP contribution in [-0.2, 0) is 0 Å². The van der Waals surface area contributed by atoms with Gasteiger partial charge in [-0.05, 0) is 54.6 Å². The van der Waals surface area contributed by atoms with Crippen molar-refractivity contribution in [2.24, 2.45) is 0 Å². The summed E-state index contributed by atoms with van der Waals surface area (Å²) in [5.41, 5.74) is -0.0758. The van der Waals surface area contributed by atoms with E-state index in [2.05, 4.69) is 0 Å². The van der Waals surface area contributed by atoms with E-state index in [0.29, 0.717) is 14.9 Å². The Morgan fingerprint density at radius 2 is 1.13 bits per heavy atom. The van der Waals surface area contributed by atoms with Gasteiger partial charge in [-0.25, -0.2) is 0 Å². The van der Waals surface area contributed by atoms with E-state index < -0.39 is 10.7 Å². The van der Waals surface area contributed by atoms with Crippen LogP contribution in [0.5, 0.6) is 0 Å². The highest BCUT2D eigenvalue weighted by Crippen LogP contribution is 2.44. The zero-order valence-electron chi connectivity index (χ0n) is 15.5. The second-order valence-corrected chi connectivity index (χ2v) is 9.46. The van der Waals surface area contributed by atoms with Crippen LogP contribution in [0.3, 0.4) is 0 Å². The second-order valence-electron chi connectivity index (χ2n) is 6.42. The van der Waals surface area contributed by atoms with E-state index >= 15 is 0 Å². The van der Waals surface area contributed by atoms with Gasteiger partial charge in [0.25, 0.3) is 5.69 Å². The molecule has 0 heterocycles. The van der Waals surface area contributed by atoms with Crippen molar-refractivity contribution in [3.8, 4) is 0 Å². The zero-order valence-corrected chi connectivity index (χ0v) is 18.6. The summed E-state index contributed by atoms with van der Waals surface area (Å²) in [6.45, 7) is 0. The summed E-state index contributed by atoms with van der Waals surface area (Å²) in [4.78, 5) is 39.2. The lowest BCUT2D eigenvalue weighted by Gasteiger charge is -2.20. The van der Waals surface area contributed by atoms with Crippen LogP contribution >= 0.6 is 46.7 Å². The molecule has 0 N–H and O–H groups in total. The lowest BCUT2D eigenvalue weighted by molar-refractivity contribution is -0.384. The Bertz CT molecular complexity index is 1260. The molecule has 0 unspecified atom stereocenters. The van der Waals surface area contributed by atoms with Crippen LogP contribution < -0.4 is 0 Å². The van der Waals surface area contributed by atoms with E-state index in [4.69, 9.17) is 23.2 Å². The van der Waals surface area contributed by atoms with Gasteiger partial charge in [-0.1, -0.05) is 46.7 Å². The topological polar surface area (TPSA) is 77.3 Å². The summed E-state index contributed by atoms with van der Waals surface area (Å²) >= 11 is 14.2. The molecular formula is C22H11Cl2NO4S2. The average Bonchev–Trinajstić information content (AvgIpc) is 2.76. The van der Waals surface area contributed by atoms with Gasteiger partial charge >= 0.3 is 0 Å².